The molecule has 2 fully saturated rings. The van der Waals surface area contributed by atoms with Crippen molar-refractivity contribution in [1.82, 2.24) is 20.1 Å². The molecule has 0 radical (unpaired) electrons. The molecule has 0 unspecified atom stereocenters. The number of ether oxygens (including phenoxy) is 1. The fraction of sp³-hybridized carbons (Fsp3) is 0.583. The predicted octanol–water partition coefficient (Wildman–Crippen LogP) is 2.49. The molecule has 4 rings (SSSR count). The lowest BCUT2D eigenvalue weighted by atomic mass is 9.79. The molecular weight excluding hydrogens is 392 g/mol. The van der Waals surface area contributed by atoms with E-state index in [1.54, 1.807) is 12.1 Å². The van der Waals surface area contributed by atoms with Crippen LogP contribution in [0.25, 0.3) is 10.9 Å². The minimum Gasteiger partial charge on any atom is -0.382 e. The van der Waals surface area contributed by atoms with Gasteiger partial charge in [-0.2, -0.15) is 0 Å². The van der Waals surface area contributed by atoms with Crippen LogP contribution in [-0.4, -0.2) is 79.6 Å². The van der Waals surface area contributed by atoms with Crippen LogP contribution in [0.15, 0.2) is 30.5 Å². The number of hydrogen-bond donors (Lipinski definition) is 2. The molecule has 2 amide bonds. The van der Waals surface area contributed by atoms with Crippen molar-refractivity contribution in [3.8, 4) is 0 Å². The SMILES string of the molecule is [2H]COC[C@H](NC(=O)c1ccc2cc[nH]c2c1)C(=O)N1CCC(C2CCN(C)CC2)CC1. The van der Waals surface area contributed by atoms with E-state index in [0.29, 0.717) is 11.5 Å². The van der Waals surface area contributed by atoms with Crippen molar-refractivity contribution in [3.05, 3.63) is 36.0 Å². The first-order chi connectivity index (χ1) is 15.5. The number of carbonyl (C=O) groups excluding carboxylic acids is 2. The second-order valence-electron chi connectivity index (χ2n) is 8.98. The lowest BCUT2D eigenvalue weighted by Crippen LogP contribution is -2.53. The molecule has 7 heteroatoms. The molecule has 31 heavy (non-hydrogen) atoms. The zero-order chi connectivity index (χ0) is 22.5. The second kappa shape index (κ2) is 9.83. The van der Waals surface area contributed by atoms with Gasteiger partial charge in [0, 0.05) is 37.5 Å². The molecule has 2 aliphatic heterocycles. The van der Waals surface area contributed by atoms with Crippen molar-refractivity contribution in [2.75, 3.05) is 46.9 Å². The van der Waals surface area contributed by atoms with E-state index in [1.807, 2.05) is 23.2 Å². The highest BCUT2D eigenvalue weighted by molar-refractivity contribution is 6.00. The molecule has 3 heterocycles. The van der Waals surface area contributed by atoms with Crippen molar-refractivity contribution in [3.63, 3.8) is 0 Å². The molecule has 0 bridgehead atoms. The number of methoxy groups -OCH3 is 1. The highest BCUT2D eigenvalue weighted by Gasteiger charge is 2.33. The van der Waals surface area contributed by atoms with Gasteiger partial charge in [-0.1, -0.05) is 6.07 Å². The van der Waals surface area contributed by atoms with Gasteiger partial charge in [0.25, 0.3) is 5.91 Å². The van der Waals surface area contributed by atoms with Gasteiger partial charge in [0.1, 0.15) is 6.04 Å². The van der Waals surface area contributed by atoms with Gasteiger partial charge in [-0.05, 0) is 81.2 Å². The average Bonchev–Trinajstić information content (AvgIpc) is 3.30. The van der Waals surface area contributed by atoms with E-state index in [0.717, 1.165) is 55.8 Å². The average molecular weight is 428 g/mol. The van der Waals surface area contributed by atoms with Crippen molar-refractivity contribution < 1.29 is 15.7 Å². The van der Waals surface area contributed by atoms with Crippen LogP contribution in [0.1, 0.15) is 37.4 Å². The number of benzene rings is 1. The van der Waals surface area contributed by atoms with E-state index in [4.69, 9.17) is 6.11 Å². The number of fused-ring (bicyclic) bond motifs is 1. The largest absolute Gasteiger partial charge is 0.382 e. The Morgan fingerprint density at radius 2 is 1.87 bits per heavy atom. The third kappa shape index (κ3) is 5.10. The van der Waals surface area contributed by atoms with Gasteiger partial charge in [0.2, 0.25) is 5.91 Å². The molecular formula is C24H34N4O3. The summed E-state index contributed by atoms with van der Waals surface area (Å²) in [5.41, 5.74) is 1.36. The molecule has 2 N–H and O–H groups in total. The van der Waals surface area contributed by atoms with Gasteiger partial charge in [0.15, 0.2) is 0 Å². The van der Waals surface area contributed by atoms with Crippen molar-refractivity contribution in [2.45, 2.75) is 31.7 Å². The Labute approximate surface area is 185 Å². The molecule has 2 aromatic rings. The third-order valence-electron chi connectivity index (χ3n) is 6.99. The van der Waals surface area contributed by atoms with Gasteiger partial charge < -0.3 is 24.8 Å². The molecule has 7 nitrogen and oxygen atoms in total. The number of aromatic nitrogens is 1. The van der Waals surface area contributed by atoms with E-state index in [1.165, 1.54) is 12.8 Å². The zero-order valence-corrected chi connectivity index (χ0v) is 18.3. The number of piperidine rings is 2. The monoisotopic (exact) mass is 427 g/mol. The number of H-pyrrole nitrogens is 1. The summed E-state index contributed by atoms with van der Waals surface area (Å²) in [7, 11) is 1.94. The number of nitrogens with zero attached hydrogens (tertiary/aromatic N) is 2. The molecule has 0 spiro atoms. The summed E-state index contributed by atoms with van der Waals surface area (Å²) < 4.78 is 12.5. The lowest BCUT2D eigenvalue weighted by molar-refractivity contribution is -0.136. The standard InChI is InChI=1S/C24H34N4O3/c1-27-11-6-17(7-12-27)18-8-13-28(14-9-18)24(30)22(16-31-2)26-23(29)20-4-3-19-5-10-25-21(19)15-20/h3-5,10,15,17-18,22,25H,6-9,11-14,16H2,1-2H3,(H,26,29)/t22-/m0/s1/i2D. The topological polar surface area (TPSA) is 77.7 Å². The van der Waals surface area contributed by atoms with Gasteiger partial charge >= 0.3 is 0 Å². The maximum Gasteiger partial charge on any atom is 0.252 e. The normalized spacial score (nSPS) is 20.5. The van der Waals surface area contributed by atoms with Crippen molar-refractivity contribution in [2.24, 2.45) is 11.8 Å². The van der Waals surface area contributed by atoms with Crippen LogP contribution in [0.2, 0.25) is 0 Å². The summed E-state index contributed by atoms with van der Waals surface area (Å²) in [5, 5.41) is 3.87. The number of rotatable bonds is 6. The number of likely N-dealkylation sites (tertiary alicyclic amines) is 2. The Kier molecular flexibility index (Phi) is 6.51. The van der Waals surface area contributed by atoms with Gasteiger partial charge in [-0.15, -0.1) is 0 Å². The molecule has 168 valence electrons. The Morgan fingerprint density at radius 1 is 1.16 bits per heavy atom. The number of aromatic amines is 1. The summed E-state index contributed by atoms with van der Waals surface area (Å²) in [6.45, 7) is 3.77. The molecule has 0 aliphatic carbocycles. The Morgan fingerprint density at radius 3 is 2.58 bits per heavy atom. The Bertz CT molecular complexity index is 917. The molecule has 1 aromatic carbocycles. The quantitative estimate of drug-likeness (QED) is 0.743. The minimum absolute atomic E-state index is 0.00765. The number of amides is 2. The minimum atomic E-state index is -0.785. The summed E-state index contributed by atoms with van der Waals surface area (Å²) in [4.78, 5) is 33.4. The summed E-state index contributed by atoms with van der Waals surface area (Å²) in [6.07, 6.45) is 6.36. The van der Waals surface area contributed by atoms with Crippen LogP contribution in [0.4, 0.5) is 0 Å². The fourth-order valence-corrected chi connectivity index (χ4v) is 5.03. The number of carbonyl (C=O) groups is 2. The van der Waals surface area contributed by atoms with Crippen LogP contribution in [0.3, 0.4) is 0 Å². The summed E-state index contributed by atoms with van der Waals surface area (Å²) in [5.74, 6) is 1.01. The van der Waals surface area contributed by atoms with Crippen molar-refractivity contribution in [1.29, 1.82) is 0 Å². The molecule has 1 atom stereocenters. The smallest absolute Gasteiger partial charge is 0.252 e. The van der Waals surface area contributed by atoms with E-state index in [9.17, 15) is 9.59 Å². The Hall–Kier alpha value is -2.38. The number of nitrogens with one attached hydrogen (secondary N) is 2. The molecule has 0 saturated carbocycles. The lowest BCUT2D eigenvalue weighted by Gasteiger charge is -2.40. The van der Waals surface area contributed by atoms with Crippen LogP contribution >= 0.6 is 0 Å². The van der Waals surface area contributed by atoms with Crippen LogP contribution in [0, 0.1) is 11.8 Å². The second-order valence-corrected chi connectivity index (χ2v) is 8.98. The highest BCUT2D eigenvalue weighted by atomic mass is 16.5. The van der Waals surface area contributed by atoms with Crippen LogP contribution in [-0.2, 0) is 9.53 Å². The van der Waals surface area contributed by atoms with E-state index >= 15 is 0 Å². The van der Waals surface area contributed by atoms with Crippen LogP contribution < -0.4 is 5.32 Å². The van der Waals surface area contributed by atoms with Gasteiger partial charge in [-0.25, -0.2) is 0 Å². The van der Waals surface area contributed by atoms with Crippen LogP contribution in [0.5, 0.6) is 0 Å². The molecule has 2 aliphatic rings. The highest BCUT2D eigenvalue weighted by Crippen LogP contribution is 2.32. The van der Waals surface area contributed by atoms with Crippen molar-refractivity contribution >= 4 is 22.7 Å². The Balaban J connectivity index is 1.35. The number of hydrogen-bond acceptors (Lipinski definition) is 4. The first kappa shape index (κ1) is 20.5. The maximum atomic E-state index is 13.2. The maximum absolute atomic E-state index is 13.2. The third-order valence-corrected chi connectivity index (χ3v) is 6.99. The first-order valence-corrected chi connectivity index (χ1v) is 11.3. The molecule has 2 saturated heterocycles. The van der Waals surface area contributed by atoms with Gasteiger partial charge in [-0.3, -0.25) is 9.59 Å². The summed E-state index contributed by atoms with van der Waals surface area (Å²) >= 11 is 0. The first-order valence-electron chi connectivity index (χ1n) is 12.0. The predicted molar refractivity (Wildman–Crippen MR) is 121 cm³/mol. The van der Waals surface area contributed by atoms with Gasteiger partial charge in [0.05, 0.1) is 7.98 Å². The zero-order valence-electron chi connectivity index (χ0n) is 19.3. The summed E-state index contributed by atoms with van der Waals surface area (Å²) in [6, 6.07) is 6.58. The molecule has 1 aromatic heterocycles. The fourth-order valence-electron chi connectivity index (χ4n) is 5.03. The van der Waals surface area contributed by atoms with E-state index in [-0.39, 0.29) is 25.5 Å². The van der Waals surface area contributed by atoms with E-state index in [2.05, 4.69) is 22.2 Å². The van der Waals surface area contributed by atoms with E-state index < -0.39 is 6.04 Å².